The maximum atomic E-state index is 5.75. The van der Waals surface area contributed by atoms with E-state index in [9.17, 15) is 0 Å². The van der Waals surface area contributed by atoms with Crippen molar-refractivity contribution in [1.29, 1.82) is 0 Å². The van der Waals surface area contributed by atoms with E-state index in [1.807, 2.05) is 13.8 Å². The first-order chi connectivity index (χ1) is 4.97. The molecule has 0 bridgehead atoms. The molecular formula is C7H13N3O. The minimum absolute atomic E-state index is 0.261. The van der Waals surface area contributed by atoms with Gasteiger partial charge in [0, 0.05) is 18.0 Å². The first kappa shape index (κ1) is 8.07. The molecule has 1 rings (SSSR count). The zero-order valence-electron chi connectivity index (χ0n) is 6.79. The molecule has 4 heteroatoms. The molecule has 0 atom stereocenters. The van der Waals surface area contributed by atoms with Crippen molar-refractivity contribution in [3.63, 3.8) is 0 Å². The average molecular weight is 155 g/mol. The van der Waals surface area contributed by atoms with Gasteiger partial charge in [-0.15, -0.1) is 0 Å². The predicted molar refractivity (Wildman–Crippen MR) is 42.9 cm³/mol. The number of anilines is 1. The van der Waals surface area contributed by atoms with E-state index in [1.165, 1.54) is 0 Å². The van der Waals surface area contributed by atoms with Crippen LogP contribution in [0.25, 0.3) is 0 Å². The molecule has 0 amide bonds. The third-order valence-corrected chi connectivity index (χ3v) is 1.21. The van der Waals surface area contributed by atoms with Gasteiger partial charge in [0.1, 0.15) is 0 Å². The molecule has 0 aromatic carbocycles. The number of hydrogen-bond acceptors (Lipinski definition) is 4. The number of nitrogens with zero attached hydrogens (tertiary/aromatic N) is 1. The average Bonchev–Trinajstić information content (AvgIpc) is 2.10. The Kier molecular flexibility index (Phi) is 1.87. The van der Waals surface area contributed by atoms with Gasteiger partial charge in [0.15, 0.2) is 0 Å². The molecule has 0 aliphatic rings. The van der Waals surface area contributed by atoms with Gasteiger partial charge < -0.3 is 16.0 Å². The Morgan fingerprint density at radius 1 is 1.64 bits per heavy atom. The largest absolute Gasteiger partial charge is 0.368 e. The molecule has 4 nitrogen and oxygen atoms in total. The Morgan fingerprint density at radius 2 is 2.27 bits per heavy atom. The summed E-state index contributed by atoms with van der Waals surface area (Å²) < 4.78 is 4.68. The van der Waals surface area contributed by atoms with Crippen molar-refractivity contribution in [3.8, 4) is 0 Å². The van der Waals surface area contributed by atoms with Crippen molar-refractivity contribution in [3.05, 3.63) is 11.8 Å². The Hall–Kier alpha value is -1.03. The van der Waals surface area contributed by atoms with Gasteiger partial charge in [-0.2, -0.15) is 0 Å². The van der Waals surface area contributed by atoms with Crippen LogP contribution in [0.15, 0.2) is 10.6 Å². The summed E-state index contributed by atoms with van der Waals surface area (Å²) in [5, 5.41) is 3.72. The summed E-state index contributed by atoms with van der Waals surface area (Å²) in [5.74, 6) is 0.337. The van der Waals surface area contributed by atoms with Crippen LogP contribution in [0, 0.1) is 0 Å². The summed E-state index contributed by atoms with van der Waals surface area (Å²) in [6.07, 6.45) is 0.674. The Labute approximate surface area is 65.5 Å². The minimum atomic E-state index is -0.261. The summed E-state index contributed by atoms with van der Waals surface area (Å²) in [7, 11) is 0. The maximum Gasteiger partial charge on any atom is 0.222 e. The maximum absolute atomic E-state index is 5.75. The van der Waals surface area contributed by atoms with Gasteiger partial charge in [-0.3, -0.25) is 0 Å². The molecule has 1 heterocycles. The molecule has 1 aromatic heterocycles. The lowest BCUT2D eigenvalue weighted by atomic mass is 10.0. The van der Waals surface area contributed by atoms with Gasteiger partial charge >= 0.3 is 0 Å². The van der Waals surface area contributed by atoms with E-state index < -0.39 is 0 Å². The van der Waals surface area contributed by atoms with E-state index in [0.717, 1.165) is 5.69 Å². The number of hydrogen-bond donors (Lipinski definition) is 2. The van der Waals surface area contributed by atoms with Gasteiger partial charge in [0.25, 0.3) is 0 Å². The topological polar surface area (TPSA) is 78.1 Å². The molecule has 0 aliphatic heterocycles. The lowest BCUT2D eigenvalue weighted by Gasteiger charge is -2.15. The van der Waals surface area contributed by atoms with Gasteiger partial charge in [-0.1, -0.05) is 5.16 Å². The predicted octanol–water partition coefficient (Wildman–Crippen LogP) is 0.537. The Morgan fingerprint density at radius 3 is 2.64 bits per heavy atom. The number of aromatic nitrogens is 1. The lowest BCUT2D eigenvalue weighted by molar-refractivity contribution is 0.413. The fraction of sp³-hybridized carbons (Fsp3) is 0.571. The number of rotatable bonds is 2. The van der Waals surface area contributed by atoms with Crippen LogP contribution in [0.4, 0.5) is 5.88 Å². The lowest BCUT2D eigenvalue weighted by Crippen LogP contribution is -2.34. The Balaban J connectivity index is 2.65. The molecule has 0 aliphatic carbocycles. The molecule has 62 valence electrons. The van der Waals surface area contributed by atoms with Crippen LogP contribution >= 0.6 is 0 Å². The van der Waals surface area contributed by atoms with Crippen molar-refractivity contribution >= 4 is 5.88 Å². The van der Waals surface area contributed by atoms with E-state index in [0.29, 0.717) is 12.3 Å². The molecule has 0 unspecified atom stereocenters. The molecule has 0 radical (unpaired) electrons. The summed E-state index contributed by atoms with van der Waals surface area (Å²) in [6.45, 7) is 3.86. The van der Waals surface area contributed by atoms with Gasteiger partial charge in [-0.25, -0.2) is 0 Å². The van der Waals surface area contributed by atoms with E-state index in [4.69, 9.17) is 11.5 Å². The van der Waals surface area contributed by atoms with Gasteiger partial charge in [-0.05, 0) is 13.8 Å². The fourth-order valence-electron chi connectivity index (χ4n) is 0.878. The van der Waals surface area contributed by atoms with Gasteiger partial charge in [0.2, 0.25) is 5.88 Å². The molecular weight excluding hydrogens is 142 g/mol. The third kappa shape index (κ3) is 2.59. The van der Waals surface area contributed by atoms with Crippen LogP contribution in [0.1, 0.15) is 19.5 Å². The standard InChI is InChI=1S/C7H13N3O/c1-7(2,9)4-5-3-6(8)11-10-5/h3H,4,8-9H2,1-2H3. The molecule has 0 spiro atoms. The number of nitrogen functional groups attached to an aromatic ring is 1. The third-order valence-electron chi connectivity index (χ3n) is 1.21. The quantitative estimate of drug-likeness (QED) is 0.653. The molecule has 0 saturated heterocycles. The van der Waals surface area contributed by atoms with E-state index in [1.54, 1.807) is 6.07 Å². The summed E-state index contributed by atoms with van der Waals surface area (Å²) in [5.41, 5.74) is 11.6. The highest BCUT2D eigenvalue weighted by Crippen LogP contribution is 2.11. The number of nitrogens with two attached hydrogens (primary N) is 2. The normalized spacial score (nSPS) is 11.9. The smallest absolute Gasteiger partial charge is 0.222 e. The monoisotopic (exact) mass is 155 g/mol. The Bertz CT molecular complexity index is 236. The van der Waals surface area contributed by atoms with Crippen LogP contribution in [0.5, 0.6) is 0 Å². The van der Waals surface area contributed by atoms with Crippen molar-refractivity contribution < 1.29 is 4.52 Å². The molecule has 11 heavy (non-hydrogen) atoms. The SMILES string of the molecule is CC(C)(N)Cc1cc(N)on1. The zero-order valence-corrected chi connectivity index (χ0v) is 6.79. The second-order valence-corrected chi connectivity index (χ2v) is 3.39. The van der Waals surface area contributed by atoms with Crippen molar-refractivity contribution in [2.24, 2.45) is 5.73 Å². The first-order valence-corrected chi connectivity index (χ1v) is 3.47. The molecule has 1 aromatic rings. The highest BCUT2D eigenvalue weighted by atomic mass is 16.5. The van der Waals surface area contributed by atoms with E-state index in [2.05, 4.69) is 9.68 Å². The van der Waals surface area contributed by atoms with Crippen LogP contribution in [-0.4, -0.2) is 10.7 Å². The van der Waals surface area contributed by atoms with Crippen LogP contribution < -0.4 is 11.5 Å². The second kappa shape index (κ2) is 2.54. The van der Waals surface area contributed by atoms with Crippen molar-refractivity contribution in [1.82, 2.24) is 5.16 Å². The van der Waals surface area contributed by atoms with Crippen molar-refractivity contribution in [2.75, 3.05) is 5.73 Å². The summed E-state index contributed by atoms with van der Waals surface area (Å²) in [6, 6.07) is 1.69. The van der Waals surface area contributed by atoms with Crippen LogP contribution in [0.2, 0.25) is 0 Å². The molecule has 0 saturated carbocycles. The summed E-state index contributed by atoms with van der Waals surface area (Å²) in [4.78, 5) is 0. The summed E-state index contributed by atoms with van der Waals surface area (Å²) >= 11 is 0. The fourth-order valence-corrected chi connectivity index (χ4v) is 0.878. The van der Waals surface area contributed by atoms with E-state index >= 15 is 0 Å². The van der Waals surface area contributed by atoms with Crippen LogP contribution in [0.3, 0.4) is 0 Å². The van der Waals surface area contributed by atoms with Crippen molar-refractivity contribution in [2.45, 2.75) is 25.8 Å². The first-order valence-electron chi connectivity index (χ1n) is 3.47. The molecule has 4 N–H and O–H groups in total. The van der Waals surface area contributed by atoms with Crippen LogP contribution in [-0.2, 0) is 6.42 Å². The zero-order chi connectivity index (χ0) is 8.48. The minimum Gasteiger partial charge on any atom is -0.368 e. The highest BCUT2D eigenvalue weighted by Gasteiger charge is 2.14. The highest BCUT2D eigenvalue weighted by molar-refractivity contribution is 5.25. The molecule has 0 fully saturated rings. The van der Waals surface area contributed by atoms with E-state index in [-0.39, 0.29) is 5.54 Å². The van der Waals surface area contributed by atoms with Gasteiger partial charge in [0.05, 0.1) is 5.69 Å². The second-order valence-electron chi connectivity index (χ2n) is 3.39.